The first-order chi connectivity index (χ1) is 9.69. The molecule has 2 rings (SSSR count). The number of ether oxygens (including phenoxy) is 1. The number of hydrogen-bond donors (Lipinski definition) is 1. The fraction of sp³-hybridized carbons (Fsp3) is 0.867. The van der Waals surface area contributed by atoms with Crippen molar-refractivity contribution in [1.29, 1.82) is 0 Å². The summed E-state index contributed by atoms with van der Waals surface area (Å²) >= 11 is 0. The molecule has 1 heterocycles. The Labute approximate surface area is 121 Å². The molecule has 1 saturated heterocycles. The van der Waals surface area contributed by atoms with Crippen LogP contribution in [0.25, 0.3) is 0 Å². The fourth-order valence-corrected chi connectivity index (χ4v) is 3.22. The third kappa shape index (κ3) is 4.47. The minimum absolute atomic E-state index is 0.0181. The van der Waals surface area contributed by atoms with Crippen LogP contribution in [0.5, 0.6) is 0 Å². The fourth-order valence-electron chi connectivity index (χ4n) is 3.22. The molecule has 2 aliphatic rings. The van der Waals surface area contributed by atoms with Gasteiger partial charge in [0.05, 0.1) is 12.6 Å². The van der Waals surface area contributed by atoms with E-state index in [-0.39, 0.29) is 17.9 Å². The summed E-state index contributed by atoms with van der Waals surface area (Å²) in [5.74, 6) is 0.826. The van der Waals surface area contributed by atoms with Crippen molar-refractivity contribution in [1.82, 2.24) is 10.2 Å². The van der Waals surface area contributed by atoms with Crippen LogP contribution in [0, 0.1) is 5.92 Å². The molecule has 0 aromatic carbocycles. The molecule has 1 atom stereocenters. The summed E-state index contributed by atoms with van der Waals surface area (Å²) in [6, 6.07) is -0.0181. The molecule has 5 heteroatoms. The van der Waals surface area contributed by atoms with E-state index in [1.54, 1.807) is 7.11 Å². The lowest BCUT2D eigenvalue weighted by Crippen LogP contribution is -2.38. The summed E-state index contributed by atoms with van der Waals surface area (Å²) in [4.78, 5) is 25.6. The normalized spacial score (nSPS) is 24.1. The molecule has 5 nitrogen and oxygen atoms in total. The second-order valence-electron chi connectivity index (χ2n) is 6.01. The molecule has 0 spiro atoms. The van der Waals surface area contributed by atoms with Crippen LogP contribution in [-0.2, 0) is 14.3 Å². The Balaban J connectivity index is 1.73. The van der Waals surface area contributed by atoms with E-state index in [1.165, 1.54) is 32.1 Å². The molecule has 0 unspecified atom stereocenters. The Morgan fingerprint density at radius 1 is 1.35 bits per heavy atom. The summed E-state index contributed by atoms with van der Waals surface area (Å²) in [5.41, 5.74) is 0. The highest BCUT2D eigenvalue weighted by atomic mass is 16.5. The van der Waals surface area contributed by atoms with Gasteiger partial charge in [0, 0.05) is 33.0 Å². The van der Waals surface area contributed by atoms with E-state index in [0.717, 1.165) is 6.54 Å². The lowest BCUT2D eigenvalue weighted by atomic mass is 9.89. The van der Waals surface area contributed by atoms with E-state index in [1.807, 2.05) is 4.90 Å². The van der Waals surface area contributed by atoms with Crippen molar-refractivity contribution in [2.45, 2.75) is 51.0 Å². The monoisotopic (exact) mass is 282 g/mol. The van der Waals surface area contributed by atoms with Gasteiger partial charge >= 0.3 is 0 Å². The average molecular weight is 282 g/mol. The van der Waals surface area contributed by atoms with Crippen LogP contribution >= 0.6 is 0 Å². The Bertz CT molecular complexity index is 340. The Kier molecular flexibility index (Phi) is 5.83. The average Bonchev–Trinajstić information content (AvgIpc) is 2.77. The van der Waals surface area contributed by atoms with Gasteiger partial charge in [0.2, 0.25) is 11.8 Å². The second kappa shape index (κ2) is 7.62. The van der Waals surface area contributed by atoms with Gasteiger partial charge in [0.15, 0.2) is 0 Å². The van der Waals surface area contributed by atoms with Gasteiger partial charge in [-0.15, -0.1) is 0 Å². The van der Waals surface area contributed by atoms with Crippen LogP contribution in [0.2, 0.25) is 0 Å². The first-order valence-corrected chi connectivity index (χ1v) is 7.75. The molecule has 0 bridgehead atoms. The maximum Gasteiger partial charge on any atom is 0.224 e. The van der Waals surface area contributed by atoms with Crippen molar-refractivity contribution in [3.8, 4) is 0 Å². The third-order valence-electron chi connectivity index (χ3n) is 4.32. The summed E-state index contributed by atoms with van der Waals surface area (Å²) < 4.78 is 4.88. The van der Waals surface area contributed by atoms with Crippen molar-refractivity contribution in [3.05, 3.63) is 0 Å². The highest BCUT2D eigenvalue weighted by Gasteiger charge is 2.32. The highest BCUT2D eigenvalue weighted by molar-refractivity contribution is 5.82. The highest BCUT2D eigenvalue weighted by Crippen LogP contribution is 2.26. The number of likely N-dealkylation sites (tertiary alicyclic amines) is 1. The number of nitrogens with one attached hydrogen (secondary N) is 1. The van der Waals surface area contributed by atoms with E-state index in [2.05, 4.69) is 5.32 Å². The zero-order valence-corrected chi connectivity index (χ0v) is 12.4. The standard InChI is InChI=1S/C15H26N2O3/c1-20-8-7-14(18)16-13-9-15(19)17(11-13)10-12-5-3-2-4-6-12/h12-13H,2-11H2,1H3,(H,16,18)/t13-/m1/s1. The zero-order chi connectivity index (χ0) is 14.4. The molecule has 1 N–H and O–H groups in total. The number of methoxy groups -OCH3 is 1. The van der Waals surface area contributed by atoms with Crippen molar-refractivity contribution in [2.24, 2.45) is 5.92 Å². The number of hydrogen-bond acceptors (Lipinski definition) is 3. The summed E-state index contributed by atoms with van der Waals surface area (Å²) in [7, 11) is 1.58. The van der Waals surface area contributed by atoms with Crippen LogP contribution in [0.1, 0.15) is 44.9 Å². The van der Waals surface area contributed by atoms with E-state index >= 15 is 0 Å². The molecule has 0 aromatic rings. The van der Waals surface area contributed by atoms with Crippen molar-refractivity contribution < 1.29 is 14.3 Å². The van der Waals surface area contributed by atoms with E-state index in [9.17, 15) is 9.59 Å². The van der Waals surface area contributed by atoms with Crippen LogP contribution in [0.15, 0.2) is 0 Å². The van der Waals surface area contributed by atoms with Crippen molar-refractivity contribution in [3.63, 3.8) is 0 Å². The Hall–Kier alpha value is -1.10. The number of nitrogens with zero attached hydrogens (tertiary/aromatic N) is 1. The topological polar surface area (TPSA) is 58.6 Å². The minimum Gasteiger partial charge on any atom is -0.384 e. The molecule has 0 aromatic heterocycles. The summed E-state index contributed by atoms with van der Waals surface area (Å²) in [6.07, 6.45) is 7.23. The van der Waals surface area contributed by atoms with Crippen LogP contribution in [0.4, 0.5) is 0 Å². The second-order valence-corrected chi connectivity index (χ2v) is 6.01. The van der Waals surface area contributed by atoms with Crippen molar-refractivity contribution in [2.75, 3.05) is 26.8 Å². The van der Waals surface area contributed by atoms with Gasteiger partial charge < -0.3 is 15.0 Å². The van der Waals surface area contributed by atoms with E-state index < -0.39 is 0 Å². The number of amides is 2. The van der Waals surface area contributed by atoms with Crippen LogP contribution in [-0.4, -0.2) is 49.6 Å². The molecular formula is C15H26N2O3. The smallest absolute Gasteiger partial charge is 0.224 e. The predicted octanol–water partition coefficient (Wildman–Crippen LogP) is 1.32. The predicted molar refractivity (Wildman–Crippen MR) is 76.2 cm³/mol. The first-order valence-electron chi connectivity index (χ1n) is 7.75. The maximum absolute atomic E-state index is 12.0. The van der Waals surface area contributed by atoms with Crippen LogP contribution in [0.3, 0.4) is 0 Å². The maximum atomic E-state index is 12.0. The molecule has 2 amide bonds. The van der Waals surface area contributed by atoms with Gasteiger partial charge in [0.25, 0.3) is 0 Å². The molecule has 0 radical (unpaired) electrons. The molecular weight excluding hydrogens is 256 g/mol. The zero-order valence-electron chi connectivity index (χ0n) is 12.4. The SMILES string of the molecule is COCCC(=O)N[C@@H]1CC(=O)N(CC2CCCCC2)C1. The number of rotatable bonds is 6. The third-order valence-corrected chi connectivity index (χ3v) is 4.32. The first kappa shape index (κ1) is 15.3. The minimum atomic E-state index is -0.0239. The molecule has 114 valence electrons. The van der Waals surface area contributed by atoms with Gasteiger partial charge in [-0.1, -0.05) is 19.3 Å². The Morgan fingerprint density at radius 3 is 2.80 bits per heavy atom. The molecule has 2 fully saturated rings. The van der Waals surface area contributed by atoms with E-state index in [0.29, 0.717) is 31.9 Å². The summed E-state index contributed by atoms with van der Waals surface area (Å²) in [5, 5.41) is 2.93. The van der Waals surface area contributed by atoms with Crippen LogP contribution < -0.4 is 5.32 Å². The molecule has 1 aliphatic carbocycles. The van der Waals surface area contributed by atoms with Crippen molar-refractivity contribution >= 4 is 11.8 Å². The number of carbonyl (C=O) groups excluding carboxylic acids is 2. The number of carbonyl (C=O) groups is 2. The molecule has 20 heavy (non-hydrogen) atoms. The Morgan fingerprint density at radius 2 is 2.10 bits per heavy atom. The largest absolute Gasteiger partial charge is 0.384 e. The summed E-state index contributed by atoms with van der Waals surface area (Å²) in [6.45, 7) is 1.98. The molecule has 1 saturated carbocycles. The van der Waals surface area contributed by atoms with Gasteiger partial charge in [-0.25, -0.2) is 0 Å². The van der Waals surface area contributed by atoms with Gasteiger partial charge in [-0.2, -0.15) is 0 Å². The van der Waals surface area contributed by atoms with Gasteiger partial charge in [0.1, 0.15) is 0 Å². The lowest BCUT2D eigenvalue weighted by Gasteiger charge is -2.27. The quantitative estimate of drug-likeness (QED) is 0.799. The lowest BCUT2D eigenvalue weighted by molar-refractivity contribution is -0.128. The van der Waals surface area contributed by atoms with Gasteiger partial charge in [-0.05, 0) is 18.8 Å². The van der Waals surface area contributed by atoms with E-state index in [4.69, 9.17) is 4.74 Å². The van der Waals surface area contributed by atoms with Gasteiger partial charge in [-0.3, -0.25) is 9.59 Å². The molecule has 1 aliphatic heterocycles.